The monoisotopic (exact) mass is 380 g/mol. The first kappa shape index (κ1) is 16.7. The van der Waals surface area contributed by atoms with Crippen molar-refractivity contribution in [2.24, 2.45) is 0 Å². The van der Waals surface area contributed by atoms with E-state index in [4.69, 9.17) is 27.9 Å². The number of ether oxygens (including phenoxy) is 1. The van der Waals surface area contributed by atoms with Crippen LogP contribution in [0.2, 0.25) is 10.0 Å². The maximum absolute atomic E-state index is 6.22. The molecular formula is C21H14Cl2N2O. The molecule has 0 spiro atoms. The summed E-state index contributed by atoms with van der Waals surface area (Å²) in [5, 5.41) is 5.61. The highest BCUT2D eigenvalue weighted by molar-refractivity contribution is 6.35. The van der Waals surface area contributed by atoms with Gasteiger partial charge < -0.3 is 10.1 Å². The number of hydrogen-bond acceptors (Lipinski definition) is 3. The van der Waals surface area contributed by atoms with Crippen LogP contribution in [-0.4, -0.2) is 4.98 Å². The SMILES string of the molecule is Clc1ccc(Oc2ccc(Nc3ccc4cccc(Cl)c4n3)cc2)cc1. The molecule has 5 heteroatoms. The van der Waals surface area contributed by atoms with Gasteiger partial charge in [0.2, 0.25) is 0 Å². The van der Waals surface area contributed by atoms with E-state index in [0.717, 1.165) is 33.9 Å². The Bertz CT molecular complexity index is 1050. The summed E-state index contributed by atoms with van der Waals surface area (Å²) in [6.07, 6.45) is 0. The summed E-state index contributed by atoms with van der Waals surface area (Å²) in [5.74, 6) is 2.21. The molecule has 0 fully saturated rings. The molecule has 1 heterocycles. The molecule has 0 atom stereocenters. The lowest BCUT2D eigenvalue weighted by molar-refractivity contribution is 0.483. The van der Waals surface area contributed by atoms with E-state index in [0.29, 0.717) is 10.0 Å². The first-order valence-electron chi connectivity index (χ1n) is 8.03. The summed E-state index contributed by atoms with van der Waals surface area (Å²) in [6.45, 7) is 0. The van der Waals surface area contributed by atoms with Crippen LogP contribution in [0.1, 0.15) is 0 Å². The Morgan fingerprint density at radius 1 is 0.731 bits per heavy atom. The third-order valence-corrected chi connectivity index (χ3v) is 4.40. The van der Waals surface area contributed by atoms with Gasteiger partial charge in [-0.2, -0.15) is 0 Å². The number of benzene rings is 3. The molecule has 0 aliphatic rings. The number of pyridine rings is 1. The smallest absolute Gasteiger partial charge is 0.131 e. The summed E-state index contributed by atoms with van der Waals surface area (Å²) in [6, 6.07) is 24.6. The average Bonchev–Trinajstić information content (AvgIpc) is 2.66. The Hall–Kier alpha value is -2.75. The van der Waals surface area contributed by atoms with Crippen molar-refractivity contribution in [2.45, 2.75) is 0 Å². The number of hydrogen-bond donors (Lipinski definition) is 1. The van der Waals surface area contributed by atoms with Crippen LogP contribution < -0.4 is 10.1 Å². The minimum absolute atomic E-state index is 0.637. The van der Waals surface area contributed by atoms with Gasteiger partial charge in [0.05, 0.1) is 10.5 Å². The van der Waals surface area contributed by atoms with Gasteiger partial charge >= 0.3 is 0 Å². The van der Waals surface area contributed by atoms with Crippen LogP contribution in [0.5, 0.6) is 11.5 Å². The van der Waals surface area contributed by atoms with Gasteiger partial charge in [0, 0.05) is 16.1 Å². The van der Waals surface area contributed by atoms with Gasteiger partial charge in [-0.1, -0.05) is 35.3 Å². The Balaban J connectivity index is 1.50. The molecule has 0 saturated heterocycles. The molecule has 128 valence electrons. The minimum atomic E-state index is 0.637. The highest BCUT2D eigenvalue weighted by Crippen LogP contribution is 2.27. The van der Waals surface area contributed by atoms with E-state index < -0.39 is 0 Å². The van der Waals surface area contributed by atoms with Crippen LogP contribution in [0.3, 0.4) is 0 Å². The molecule has 4 rings (SSSR count). The van der Waals surface area contributed by atoms with Crippen molar-refractivity contribution in [1.82, 2.24) is 4.98 Å². The molecule has 3 nitrogen and oxygen atoms in total. The fourth-order valence-electron chi connectivity index (χ4n) is 2.57. The second-order valence-corrected chi connectivity index (χ2v) is 6.56. The van der Waals surface area contributed by atoms with Crippen LogP contribution >= 0.6 is 23.2 Å². The zero-order valence-corrected chi connectivity index (χ0v) is 15.1. The zero-order valence-electron chi connectivity index (χ0n) is 13.6. The molecule has 1 N–H and O–H groups in total. The van der Waals surface area contributed by atoms with Crippen molar-refractivity contribution in [3.05, 3.63) is 88.9 Å². The third-order valence-electron chi connectivity index (χ3n) is 3.85. The summed E-state index contributed by atoms with van der Waals surface area (Å²) in [7, 11) is 0. The van der Waals surface area contributed by atoms with Gasteiger partial charge in [-0.25, -0.2) is 4.98 Å². The quantitative estimate of drug-likeness (QED) is 0.410. The van der Waals surface area contributed by atoms with Gasteiger partial charge in [-0.15, -0.1) is 0 Å². The summed E-state index contributed by atoms with van der Waals surface area (Å²) >= 11 is 12.1. The van der Waals surface area contributed by atoms with Crippen molar-refractivity contribution >= 4 is 45.6 Å². The largest absolute Gasteiger partial charge is 0.457 e. The first-order chi connectivity index (χ1) is 12.7. The lowest BCUT2D eigenvalue weighted by Crippen LogP contribution is -1.94. The number of nitrogens with zero attached hydrogens (tertiary/aromatic N) is 1. The molecule has 0 aliphatic carbocycles. The molecule has 26 heavy (non-hydrogen) atoms. The Morgan fingerprint density at radius 2 is 1.42 bits per heavy atom. The van der Waals surface area contributed by atoms with Crippen molar-refractivity contribution < 1.29 is 4.74 Å². The van der Waals surface area contributed by atoms with E-state index >= 15 is 0 Å². The molecular weight excluding hydrogens is 367 g/mol. The molecule has 4 aromatic rings. The Labute approximate surface area is 161 Å². The number of para-hydroxylation sites is 1. The van der Waals surface area contributed by atoms with Gasteiger partial charge in [-0.05, 0) is 66.7 Å². The number of nitrogens with one attached hydrogen (secondary N) is 1. The highest BCUT2D eigenvalue weighted by Gasteiger charge is 2.03. The van der Waals surface area contributed by atoms with E-state index in [-0.39, 0.29) is 0 Å². The fourth-order valence-corrected chi connectivity index (χ4v) is 2.92. The van der Waals surface area contributed by atoms with E-state index in [1.165, 1.54) is 0 Å². The average molecular weight is 381 g/mol. The van der Waals surface area contributed by atoms with Crippen LogP contribution in [0, 0.1) is 0 Å². The predicted molar refractivity (Wildman–Crippen MR) is 108 cm³/mol. The van der Waals surface area contributed by atoms with E-state index in [9.17, 15) is 0 Å². The molecule has 0 amide bonds. The maximum Gasteiger partial charge on any atom is 0.131 e. The highest BCUT2D eigenvalue weighted by atomic mass is 35.5. The van der Waals surface area contributed by atoms with Crippen molar-refractivity contribution in [2.75, 3.05) is 5.32 Å². The van der Waals surface area contributed by atoms with E-state index in [1.54, 1.807) is 12.1 Å². The van der Waals surface area contributed by atoms with Gasteiger partial charge in [0.1, 0.15) is 17.3 Å². The lowest BCUT2D eigenvalue weighted by atomic mass is 10.2. The molecule has 0 bridgehead atoms. The normalized spacial score (nSPS) is 10.7. The minimum Gasteiger partial charge on any atom is -0.457 e. The summed E-state index contributed by atoms with van der Waals surface area (Å²) in [4.78, 5) is 4.58. The van der Waals surface area contributed by atoms with E-state index in [1.807, 2.05) is 66.7 Å². The second-order valence-electron chi connectivity index (χ2n) is 5.71. The number of fused-ring (bicyclic) bond motifs is 1. The maximum atomic E-state index is 6.22. The molecule has 0 saturated carbocycles. The lowest BCUT2D eigenvalue weighted by Gasteiger charge is -2.09. The number of anilines is 2. The topological polar surface area (TPSA) is 34.1 Å². The Kier molecular flexibility index (Phi) is 4.65. The van der Waals surface area contributed by atoms with Gasteiger partial charge in [0.15, 0.2) is 0 Å². The first-order valence-corrected chi connectivity index (χ1v) is 8.79. The molecule has 3 aromatic carbocycles. The second kappa shape index (κ2) is 7.24. The zero-order chi connectivity index (χ0) is 17.9. The van der Waals surface area contributed by atoms with Gasteiger partial charge in [0.25, 0.3) is 0 Å². The number of rotatable bonds is 4. The fraction of sp³-hybridized carbons (Fsp3) is 0. The number of halogens is 2. The molecule has 0 unspecified atom stereocenters. The summed E-state index contributed by atoms with van der Waals surface area (Å²) in [5.41, 5.74) is 1.69. The Morgan fingerprint density at radius 3 is 2.15 bits per heavy atom. The van der Waals surface area contributed by atoms with Gasteiger partial charge in [-0.3, -0.25) is 0 Å². The van der Waals surface area contributed by atoms with Crippen LogP contribution in [-0.2, 0) is 0 Å². The van der Waals surface area contributed by atoms with Crippen LogP contribution in [0.15, 0.2) is 78.9 Å². The van der Waals surface area contributed by atoms with Crippen molar-refractivity contribution in [1.29, 1.82) is 0 Å². The molecule has 0 aliphatic heterocycles. The third kappa shape index (κ3) is 3.74. The van der Waals surface area contributed by atoms with E-state index in [2.05, 4.69) is 10.3 Å². The summed E-state index contributed by atoms with van der Waals surface area (Å²) < 4.78 is 5.79. The standard InChI is InChI=1S/C21H14Cl2N2O/c22-15-5-9-17(10-6-15)26-18-11-7-16(8-12-18)24-20-13-4-14-2-1-3-19(23)21(14)25-20/h1-13H,(H,24,25). The molecule has 0 radical (unpaired) electrons. The molecule has 1 aromatic heterocycles. The van der Waals surface area contributed by atoms with Crippen LogP contribution in [0.25, 0.3) is 10.9 Å². The predicted octanol–water partition coefficient (Wildman–Crippen LogP) is 7.08. The number of aromatic nitrogens is 1. The van der Waals surface area contributed by atoms with Crippen molar-refractivity contribution in [3.8, 4) is 11.5 Å². The van der Waals surface area contributed by atoms with Crippen molar-refractivity contribution in [3.63, 3.8) is 0 Å². The van der Waals surface area contributed by atoms with Crippen LogP contribution in [0.4, 0.5) is 11.5 Å².